The summed E-state index contributed by atoms with van der Waals surface area (Å²) in [5, 5.41) is 4.56. The Balaban J connectivity index is 1.73. The van der Waals surface area contributed by atoms with Gasteiger partial charge in [-0.05, 0) is 51.0 Å². The van der Waals surface area contributed by atoms with E-state index < -0.39 is 0 Å². The lowest BCUT2D eigenvalue weighted by Crippen LogP contribution is -2.14. The van der Waals surface area contributed by atoms with Crippen molar-refractivity contribution in [1.82, 2.24) is 24.1 Å². The fourth-order valence-electron chi connectivity index (χ4n) is 4.46. The van der Waals surface area contributed by atoms with Crippen molar-refractivity contribution in [2.75, 3.05) is 0 Å². The molecule has 0 atom stereocenters. The molecule has 0 unspecified atom stereocenters. The first kappa shape index (κ1) is 16.3. The van der Waals surface area contributed by atoms with Crippen LogP contribution in [0.15, 0.2) is 35.3 Å². The van der Waals surface area contributed by atoms with Crippen LogP contribution in [0.1, 0.15) is 55.2 Å². The molecule has 5 rings (SSSR count). The van der Waals surface area contributed by atoms with Gasteiger partial charge >= 0.3 is 0 Å². The smallest absolute Gasteiger partial charge is 0.274 e. The molecule has 6 nitrogen and oxygen atoms in total. The Kier molecular flexibility index (Phi) is 3.67. The molecule has 4 aromatic rings. The molecule has 0 saturated heterocycles. The quantitative estimate of drug-likeness (QED) is 0.586. The van der Waals surface area contributed by atoms with E-state index in [1.807, 2.05) is 30.7 Å². The minimum atomic E-state index is -0.0948. The first-order chi connectivity index (χ1) is 13.1. The number of benzene rings is 1. The van der Waals surface area contributed by atoms with Crippen molar-refractivity contribution in [3.8, 4) is 5.69 Å². The third-order valence-corrected chi connectivity index (χ3v) is 5.72. The molecule has 0 amide bonds. The third-order valence-electron chi connectivity index (χ3n) is 5.72. The summed E-state index contributed by atoms with van der Waals surface area (Å²) in [6, 6.07) is 8.18. The predicted octanol–water partition coefficient (Wildman–Crippen LogP) is 4.03. The molecule has 27 heavy (non-hydrogen) atoms. The van der Waals surface area contributed by atoms with Gasteiger partial charge in [0.05, 0.1) is 28.6 Å². The van der Waals surface area contributed by atoms with Gasteiger partial charge in [0.2, 0.25) is 0 Å². The summed E-state index contributed by atoms with van der Waals surface area (Å²) >= 11 is 0. The van der Waals surface area contributed by atoms with Crippen LogP contribution in [0.25, 0.3) is 22.2 Å². The standard InChI is InChI=1S/C21H23N5O/c1-13-10-14(2)26(24-13)16-8-9-18-17(11-16)23-21(27)19-12-22-20(25(18)19)15-6-4-3-5-7-15/h8-12,15H,3-7H2,1-2H3,(H,23,27). The molecule has 1 saturated carbocycles. The van der Waals surface area contributed by atoms with Crippen LogP contribution < -0.4 is 5.56 Å². The normalized spacial score (nSPS) is 15.8. The molecule has 1 fully saturated rings. The summed E-state index contributed by atoms with van der Waals surface area (Å²) in [5.74, 6) is 1.46. The Morgan fingerprint density at radius 2 is 1.89 bits per heavy atom. The monoisotopic (exact) mass is 361 g/mol. The first-order valence-corrected chi connectivity index (χ1v) is 9.69. The fraction of sp³-hybridized carbons (Fsp3) is 0.381. The van der Waals surface area contributed by atoms with Crippen LogP contribution in [0.2, 0.25) is 0 Å². The van der Waals surface area contributed by atoms with E-state index in [1.165, 1.54) is 19.3 Å². The highest BCUT2D eigenvalue weighted by Crippen LogP contribution is 2.33. The summed E-state index contributed by atoms with van der Waals surface area (Å²) in [6.45, 7) is 4.02. The van der Waals surface area contributed by atoms with Gasteiger partial charge < -0.3 is 4.98 Å². The lowest BCUT2D eigenvalue weighted by molar-refractivity contribution is 0.428. The van der Waals surface area contributed by atoms with E-state index in [-0.39, 0.29) is 5.56 Å². The fourth-order valence-corrected chi connectivity index (χ4v) is 4.46. The van der Waals surface area contributed by atoms with Gasteiger partial charge in [-0.1, -0.05) is 19.3 Å². The van der Waals surface area contributed by atoms with Gasteiger partial charge in [0.1, 0.15) is 11.3 Å². The van der Waals surface area contributed by atoms with Gasteiger partial charge in [-0.2, -0.15) is 5.10 Å². The second-order valence-electron chi connectivity index (χ2n) is 7.67. The zero-order chi connectivity index (χ0) is 18.5. The molecule has 3 heterocycles. The Labute approximate surface area is 156 Å². The lowest BCUT2D eigenvalue weighted by Gasteiger charge is -2.21. The van der Waals surface area contributed by atoms with Crippen molar-refractivity contribution in [2.45, 2.75) is 51.9 Å². The molecule has 1 aliphatic carbocycles. The molecule has 0 radical (unpaired) electrons. The third kappa shape index (κ3) is 2.59. The van der Waals surface area contributed by atoms with Crippen molar-refractivity contribution in [1.29, 1.82) is 0 Å². The maximum atomic E-state index is 12.7. The summed E-state index contributed by atoms with van der Waals surface area (Å²) in [4.78, 5) is 20.4. The lowest BCUT2D eigenvalue weighted by atomic mass is 9.89. The van der Waals surface area contributed by atoms with Crippen LogP contribution in [0.3, 0.4) is 0 Å². The van der Waals surface area contributed by atoms with Crippen molar-refractivity contribution < 1.29 is 0 Å². The van der Waals surface area contributed by atoms with Crippen LogP contribution in [0.4, 0.5) is 0 Å². The highest BCUT2D eigenvalue weighted by molar-refractivity contribution is 5.80. The second-order valence-corrected chi connectivity index (χ2v) is 7.67. The largest absolute Gasteiger partial charge is 0.319 e. The van der Waals surface area contributed by atoms with E-state index in [0.717, 1.165) is 46.8 Å². The highest BCUT2D eigenvalue weighted by Gasteiger charge is 2.22. The summed E-state index contributed by atoms with van der Waals surface area (Å²) in [5.41, 5.74) is 5.33. The number of rotatable bonds is 2. The Hall–Kier alpha value is -2.89. The van der Waals surface area contributed by atoms with Gasteiger partial charge in [-0.15, -0.1) is 0 Å². The number of hydrogen-bond acceptors (Lipinski definition) is 3. The molecule has 1 N–H and O–H groups in total. The molecular formula is C21H23N5O. The molecule has 1 aliphatic rings. The Morgan fingerprint density at radius 3 is 2.63 bits per heavy atom. The Bertz CT molecular complexity index is 1210. The van der Waals surface area contributed by atoms with Gasteiger partial charge in [0.15, 0.2) is 0 Å². The minimum absolute atomic E-state index is 0.0948. The number of H-pyrrole nitrogens is 1. The van der Waals surface area contributed by atoms with Crippen LogP contribution in [-0.2, 0) is 0 Å². The van der Waals surface area contributed by atoms with E-state index in [0.29, 0.717) is 11.4 Å². The number of nitrogens with zero attached hydrogens (tertiary/aromatic N) is 4. The number of aryl methyl sites for hydroxylation is 2. The first-order valence-electron chi connectivity index (χ1n) is 9.69. The highest BCUT2D eigenvalue weighted by atomic mass is 16.1. The summed E-state index contributed by atoms with van der Waals surface area (Å²) in [7, 11) is 0. The van der Waals surface area contributed by atoms with E-state index in [2.05, 4.69) is 31.6 Å². The van der Waals surface area contributed by atoms with Crippen LogP contribution in [-0.4, -0.2) is 24.1 Å². The molecule has 3 aromatic heterocycles. The number of fused-ring (bicyclic) bond motifs is 3. The van der Waals surface area contributed by atoms with Crippen molar-refractivity contribution in [3.05, 3.63) is 58.0 Å². The van der Waals surface area contributed by atoms with Crippen LogP contribution in [0.5, 0.6) is 0 Å². The van der Waals surface area contributed by atoms with E-state index in [4.69, 9.17) is 0 Å². The molecule has 138 valence electrons. The number of hydrogen-bond donors (Lipinski definition) is 1. The maximum absolute atomic E-state index is 12.7. The van der Waals surface area contributed by atoms with E-state index in [9.17, 15) is 4.79 Å². The van der Waals surface area contributed by atoms with Gasteiger partial charge in [-0.25, -0.2) is 9.67 Å². The summed E-state index contributed by atoms with van der Waals surface area (Å²) in [6.07, 6.45) is 7.80. The zero-order valence-corrected chi connectivity index (χ0v) is 15.7. The molecule has 6 heteroatoms. The van der Waals surface area contributed by atoms with E-state index in [1.54, 1.807) is 6.20 Å². The zero-order valence-electron chi connectivity index (χ0n) is 15.7. The maximum Gasteiger partial charge on any atom is 0.274 e. The molecule has 0 spiro atoms. The number of aromatic nitrogens is 5. The van der Waals surface area contributed by atoms with Gasteiger partial charge in [0.25, 0.3) is 5.56 Å². The average Bonchev–Trinajstić information content (AvgIpc) is 3.26. The Morgan fingerprint density at radius 1 is 1.07 bits per heavy atom. The molecule has 0 aliphatic heterocycles. The molecular weight excluding hydrogens is 338 g/mol. The van der Waals surface area contributed by atoms with Crippen LogP contribution >= 0.6 is 0 Å². The van der Waals surface area contributed by atoms with E-state index >= 15 is 0 Å². The minimum Gasteiger partial charge on any atom is -0.319 e. The predicted molar refractivity (Wildman–Crippen MR) is 106 cm³/mol. The van der Waals surface area contributed by atoms with Crippen LogP contribution in [0, 0.1) is 13.8 Å². The van der Waals surface area contributed by atoms with Crippen molar-refractivity contribution in [2.24, 2.45) is 0 Å². The molecule has 1 aromatic carbocycles. The summed E-state index contributed by atoms with van der Waals surface area (Å²) < 4.78 is 3.97. The van der Waals surface area contributed by atoms with Crippen molar-refractivity contribution in [3.63, 3.8) is 0 Å². The molecule has 0 bridgehead atoms. The number of imidazole rings is 1. The SMILES string of the molecule is Cc1cc(C)n(-c2ccc3c(c2)[nH]c(=O)c2cnc(C4CCCCC4)n23)n1. The number of aromatic amines is 1. The second kappa shape index (κ2) is 6.08. The number of nitrogens with one attached hydrogen (secondary N) is 1. The van der Waals surface area contributed by atoms with Gasteiger partial charge in [-0.3, -0.25) is 9.20 Å². The topological polar surface area (TPSA) is 68.0 Å². The average molecular weight is 361 g/mol. The van der Waals surface area contributed by atoms with Gasteiger partial charge in [0, 0.05) is 11.6 Å². The van der Waals surface area contributed by atoms with Crippen molar-refractivity contribution >= 4 is 16.6 Å².